The summed E-state index contributed by atoms with van der Waals surface area (Å²) in [6.07, 6.45) is 2.06. The van der Waals surface area contributed by atoms with Crippen molar-refractivity contribution in [2.75, 3.05) is 44.7 Å². The first kappa shape index (κ1) is 25.7. The van der Waals surface area contributed by atoms with Crippen molar-refractivity contribution < 1.29 is 27.7 Å². The van der Waals surface area contributed by atoms with Crippen molar-refractivity contribution in [1.29, 1.82) is 0 Å². The minimum absolute atomic E-state index is 0.0331. The van der Waals surface area contributed by atoms with Gasteiger partial charge in [-0.1, -0.05) is 0 Å². The molecule has 2 saturated heterocycles. The fourth-order valence-electron chi connectivity index (χ4n) is 4.34. The Labute approximate surface area is 208 Å². The van der Waals surface area contributed by atoms with Crippen molar-refractivity contribution in [2.45, 2.75) is 31.2 Å². The van der Waals surface area contributed by atoms with Gasteiger partial charge in [0.1, 0.15) is 5.69 Å². The first-order valence-electron chi connectivity index (χ1n) is 11.7. The lowest BCUT2D eigenvalue weighted by atomic mass is 9.97. The van der Waals surface area contributed by atoms with Gasteiger partial charge in [-0.3, -0.25) is 24.4 Å². The van der Waals surface area contributed by atoms with Crippen molar-refractivity contribution in [2.24, 2.45) is 5.92 Å². The van der Waals surface area contributed by atoms with Crippen LogP contribution in [0.5, 0.6) is 0 Å². The third-order valence-corrected chi connectivity index (χ3v) is 8.32. The van der Waals surface area contributed by atoms with E-state index in [0.29, 0.717) is 57.1 Å². The number of nitro benzene ring substituents is 1. The van der Waals surface area contributed by atoms with Crippen LogP contribution in [0, 0.1) is 16.0 Å². The summed E-state index contributed by atoms with van der Waals surface area (Å²) in [5.41, 5.74) is 0.451. The molecule has 0 bridgehead atoms. The second-order valence-corrected chi connectivity index (χ2v) is 10.5. The minimum Gasteiger partial charge on any atom is -0.378 e. The van der Waals surface area contributed by atoms with Crippen LogP contribution in [0.4, 0.5) is 11.4 Å². The van der Waals surface area contributed by atoms with Crippen LogP contribution in [0.1, 0.15) is 30.3 Å². The summed E-state index contributed by atoms with van der Waals surface area (Å²) >= 11 is 0. The number of carbonyl (C=O) groups is 2. The SMILES string of the molecule is CCn1ncc(NC(=O)C2CCN(S(=O)(=O)c3ccc([N+](=O)[O-])cc3)CC2)c1C(=O)N1CCOCC1. The molecule has 14 heteroatoms. The molecule has 2 aromatic rings. The number of piperidine rings is 1. The molecule has 2 fully saturated rings. The van der Waals surface area contributed by atoms with Crippen molar-refractivity contribution in [3.63, 3.8) is 0 Å². The molecule has 1 N–H and O–H groups in total. The van der Waals surface area contributed by atoms with Gasteiger partial charge in [0.25, 0.3) is 11.6 Å². The van der Waals surface area contributed by atoms with E-state index >= 15 is 0 Å². The molecule has 1 aromatic heterocycles. The Hall–Kier alpha value is -3.36. The van der Waals surface area contributed by atoms with Crippen LogP contribution in [0.3, 0.4) is 0 Å². The first-order valence-corrected chi connectivity index (χ1v) is 13.1. The number of benzene rings is 1. The maximum atomic E-state index is 13.1. The number of nitrogens with one attached hydrogen (secondary N) is 1. The van der Waals surface area contributed by atoms with E-state index in [-0.39, 0.29) is 35.5 Å². The third kappa shape index (κ3) is 5.24. The number of nitrogens with zero attached hydrogens (tertiary/aromatic N) is 5. The van der Waals surface area contributed by atoms with Crippen LogP contribution >= 0.6 is 0 Å². The monoisotopic (exact) mass is 520 g/mol. The molecule has 1 aromatic carbocycles. The summed E-state index contributed by atoms with van der Waals surface area (Å²) < 4.78 is 34.0. The molecule has 3 heterocycles. The van der Waals surface area contributed by atoms with Crippen LogP contribution in [-0.2, 0) is 26.1 Å². The molecule has 0 unspecified atom stereocenters. The van der Waals surface area contributed by atoms with E-state index in [9.17, 15) is 28.1 Å². The molecule has 0 spiro atoms. The quantitative estimate of drug-likeness (QED) is 0.423. The highest BCUT2D eigenvalue weighted by Gasteiger charge is 2.33. The zero-order valence-electron chi connectivity index (χ0n) is 19.8. The zero-order chi connectivity index (χ0) is 25.9. The summed E-state index contributed by atoms with van der Waals surface area (Å²) in [6, 6.07) is 4.73. The number of non-ortho nitro benzene ring substituents is 1. The lowest BCUT2D eigenvalue weighted by molar-refractivity contribution is -0.384. The Balaban J connectivity index is 1.40. The Kier molecular flexibility index (Phi) is 7.66. The predicted octanol–water partition coefficient (Wildman–Crippen LogP) is 1.32. The molecule has 0 aliphatic carbocycles. The third-order valence-electron chi connectivity index (χ3n) is 6.41. The van der Waals surface area contributed by atoms with Gasteiger partial charge in [-0.25, -0.2) is 8.42 Å². The molecule has 194 valence electrons. The number of hydrogen-bond donors (Lipinski definition) is 1. The van der Waals surface area contributed by atoms with E-state index in [4.69, 9.17) is 4.74 Å². The number of ether oxygens (including phenoxy) is 1. The van der Waals surface area contributed by atoms with Gasteiger partial charge in [0.05, 0.1) is 34.9 Å². The number of sulfonamides is 1. The van der Waals surface area contributed by atoms with Crippen molar-refractivity contribution >= 4 is 33.2 Å². The largest absolute Gasteiger partial charge is 0.378 e. The van der Waals surface area contributed by atoms with Gasteiger partial charge < -0.3 is 15.0 Å². The Morgan fingerprint density at radius 1 is 1.14 bits per heavy atom. The highest BCUT2D eigenvalue weighted by Crippen LogP contribution is 2.27. The van der Waals surface area contributed by atoms with E-state index in [1.165, 1.54) is 22.6 Å². The molecular weight excluding hydrogens is 492 g/mol. The van der Waals surface area contributed by atoms with Gasteiger partial charge in [-0.05, 0) is 31.9 Å². The molecule has 2 aliphatic rings. The zero-order valence-corrected chi connectivity index (χ0v) is 20.6. The topological polar surface area (TPSA) is 157 Å². The maximum absolute atomic E-state index is 13.1. The van der Waals surface area contributed by atoms with Crippen LogP contribution in [0.15, 0.2) is 35.4 Å². The average Bonchev–Trinajstić information content (AvgIpc) is 3.31. The second-order valence-electron chi connectivity index (χ2n) is 8.55. The fourth-order valence-corrected chi connectivity index (χ4v) is 5.81. The maximum Gasteiger partial charge on any atom is 0.274 e. The fraction of sp³-hybridized carbons (Fsp3) is 0.500. The standard InChI is InChI=1S/C22H28N6O7S/c1-2-27-20(22(30)25-11-13-35-14-12-25)19(15-23-27)24-21(29)16-7-9-26(10-8-16)36(33,34)18-5-3-17(4-6-18)28(31)32/h3-6,15-16H,2,7-14H2,1H3,(H,24,29). The Morgan fingerprint density at radius 2 is 1.78 bits per heavy atom. The number of hydrogen-bond acceptors (Lipinski definition) is 8. The highest BCUT2D eigenvalue weighted by atomic mass is 32.2. The molecule has 13 nitrogen and oxygen atoms in total. The van der Waals surface area contributed by atoms with Gasteiger partial charge in [0, 0.05) is 50.8 Å². The lowest BCUT2D eigenvalue weighted by Gasteiger charge is -2.30. The van der Waals surface area contributed by atoms with Crippen LogP contribution in [0.2, 0.25) is 0 Å². The highest BCUT2D eigenvalue weighted by molar-refractivity contribution is 7.89. The van der Waals surface area contributed by atoms with Gasteiger partial charge >= 0.3 is 0 Å². The van der Waals surface area contributed by atoms with Gasteiger partial charge in [0.15, 0.2) is 0 Å². The number of aryl methyl sites for hydroxylation is 1. The summed E-state index contributed by atoms with van der Waals surface area (Å²) in [4.78, 5) is 38.0. The Morgan fingerprint density at radius 3 is 2.36 bits per heavy atom. The number of anilines is 1. The number of carbonyl (C=O) groups excluding carboxylic acids is 2. The smallest absolute Gasteiger partial charge is 0.274 e. The van der Waals surface area contributed by atoms with E-state index in [0.717, 1.165) is 12.1 Å². The Bertz CT molecular complexity index is 1230. The normalized spacial score (nSPS) is 17.6. The number of morpholine rings is 1. The van der Waals surface area contributed by atoms with Crippen LogP contribution in [0.25, 0.3) is 0 Å². The molecule has 0 radical (unpaired) electrons. The summed E-state index contributed by atoms with van der Waals surface area (Å²) in [5.74, 6) is -0.962. The van der Waals surface area contributed by atoms with Gasteiger partial charge in [-0.2, -0.15) is 9.40 Å². The molecule has 2 amide bonds. The van der Waals surface area contributed by atoms with Crippen molar-refractivity contribution in [3.8, 4) is 0 Å². The van der Waals surface area contributed by atoms with Crippen LogP contribution < -0.4 is 5.32 Å². The number of rotatable bonds is 7. The van der Waals surface area contributed by atoms with Crippen molar-refractivity contribution in [3.05, 3.63) is 46.3 Å². The molecule has 2 aliphatic heterocycles. The molecule has 0 atom stereocenters. The number of aromatic nitrogens is 2. The molecule has 36 heavy (non-hydrogen) atoms. The summed E-state index contributed by atoms with van der Waals surface area (Å²) in [6.45, 7) is 4.40. The van der Waals surface area contributed by atoms with Gasteiger partial charge in [-0.15, -0.1) is 0 Å². The number of amides is 2. The van der Waals surface area contributed by atoms with E-state index in [1.54, 1.807) is 9.58 Å². The van der Waals surface area contributed by atoms with Crippen LogP contribution in [-0.4, -0.2) is 83.5 Å². The lowest BCUT2D eigenvalue weighted by Crippen LogP contribution is -2.42. The van der Waals surface area contributed by atoms with E-state index in [2.05, 4.69) is 10.4 Å². The molecule has 4 rings (SSSR count). The summed E-state index contributed by atoms with van der Waals surface area (Å²) in [5, 5.41) is 17.9. The average molecular weight is 521 g/mol. The summed E-state index contributed by atoms with van der Waals surface area (Å²) in [7, 11) is -3.84. The first-order chi connectivity index (χ1) is 17.2. The molecular formula is C22H28N6O7S. The van der Waals surface area contributed by atoms with Crippen molar-refractivity contribution in [1.82, 2.24) is 19.0 Å². The number of nitro groups is 1. The van der Waals surface area contributed by atoms with Gasteiger partial charge in [0.2, 0.25) is 15.9 Å². The predicted molar refractivity (Wildman–Crippen MR) is 128 cm³/mol. The second kappa shape index (κ2) is 10.7. The van der Waals surface area contributed by atoms with E-state index in [1.807, 2.05) is 6.92 Å². The molecule has 0 saturated carbocycles. The minimum atomic E-state index is -3.84. The van der Waals surface area contributed by atoms with E-state index < -0.39 is 20.9 Å².